The maximum Gasteiger partial charge on any atom is 0.0109 e. The standard InChI is InChI=1S/C7H13N/c1-2-3-4-6-5-7(6)8/h3-4,6-7H,2,5,8H2,1H3/b4-3+/t6-,7-/m1/s1. The van der Waals surface area contributed by atoms with Crippen molar-refractivity contribution in [3.63, 3.8) is 0 Å². The van der Waals surface area contributed by atoms with Crippen molar-refractivity contribution in [2.24, 2.45) is 11.7 Å². The van der Waals surface area contributed by atoms with Crippen LogP contribution in [0.2, 0.25) is 0 Å². The van der Waals surface area contributed by atoms with Crippen molar-refractivity contribution >= 4 is 0 Å². The number of hydrogen-bond donors (Lipinski definition) is 1. The highest BCUT2D eigenvalue weighted by Crippen LogP contribution is 2.28. The van der Waals surface area contributed by atoms with E-state index < -0.39 is 0 Å². The lowest BCUT2D eigenvalue weighted by molar-refractivity contribution is 0.968. The van der Waals surface area contributed by atoms with Gasteiger partial charge in [0, 0.05) is 6.04 Å². The fraction of sp³-hybridized carbons (Fsp3) is 0.714. The van der Waals surface area contributed by atoms with Crippen LogP contribution in [0.5, 0.6) is 0 Å². The topological polar surface area (TPSA) is 26.0 Å². The van der Waals surface area contributed by atoms with Crippen molar-refractivity contribution in [2.45, 2.75) is 25.8 Å². The van der Waals surface area contributed by atoms with Crippen LogP contribution in [-0.2, 0) is 0 Å². The second-order valence-corrected chi connectivity index (χ2v) is 2.40. The molecule has 1 saturated carbocycles. The van der Waals surface area contributed by atoms with Gasteiger partial charge in [0.1, 0.15) is 0 Å². The third kappa shape index (κ3) is 1.34. The molecular weight excluding hydrogens is 98.1 g/mol. The summed E-state index contributed by atoms with van der Waals surface area (Å²) < 4.78 is 0. The zero-order valence-corrected chi connectivity index (χ0v) is 5.30. The van der Waals surface area contributed by atoms with Gasteiger partial charge in [-0.15, -0.1) is 0 Å². The Bertz CT molecular complexity index is 96.6. The van der Waals surface area contributed by atoms with Crippen LogP contribution in [0.25, 0.3) is 0 Å². The van der Waals surface area contributed by atoms with E-state index in [2.05, 4.69) is 19.1 Å². The van der Waals surface area contributed by atoms with Gasteiger partial charge in [0.25, 0.3) is 0 Å². The van der Waals surface area contributed by atoms with Crippen molar-refractivity contribution in [3.8, 4) is 0 Å². The van der Waals surface area contributed by atoms with Crippen LogP contribution in [0.15, 0.2) is 12.2 Å². The van der Waals surface area contributed by atoms with E-state index >= 15 is 0 Å². The number of allylic oxidation sites excluding steroid dienone is 1. The monoisotopic (exact) mass is 111 g/mol. The number of nitrogens with two attached hydrogens (primary N) is 1. The van der Waals surface area contributed by atoms with Crippen LogP contribution in [0.3, 0.4) is 0 Å². The van der Waals surface area contributed by atoms with Crippen LogP contribution < -0.4 is 5.73 Å². The summed E-state index contributed by atoms with van der Waals surface area (Å²) in [5.41, 5.74) is 5.56. The first-order valence-corrected chi connectivity index (χ1v) is 3.27. The van der Waals surface area contributed by atoms with Crippen molar-refractivity contribution in [1.29, 1.82) is 0 Å². The highest BCUT2D eigenvalue weighted by atomic mass is 14.7. The van der Waals surface area contributed by atoms with Gasteiger partial charge >= 0.3 is 0 Å². The highest BCUT2D eigenvalue weighted by Gasteiger charge is 2.29. The quantitative estimate of drug-likeness (QED) is 0.534. The molecule has 1 fully saturated rings. The Morgan fingerprint density at radius 2 is 2.38 bits per heavy atom. The maximum atomic E-state index is 5.56. The molecule has 1 aliphatic rings. The molecule has 0 radical (unpaired) electrons. The maximum absolute atomic E-state index is 5.56. The van der Waals surface area contributed by atoms with Crippen molar-refractivity contribution in [3.05, 3.63) is 12.2 Å². The Morgan fingerprint density at radius 1 is 1.75 bits per heavy atom. The lowest BCUT2D eigenvalue weighted by atomic mass is 10.3. The molecule has 0 bridgehead atoms. The zero-order valence-electron chi connectivity index (χ0n) is 5.30. The molecule has 0 spiro atoms. The van der Waals surface area contributed by atoms with E-state index in [1.165, 1.54) is 6.42 Å². The van der Waals surface area contributed by atoms with Gasteiger partial charge in [-0.05, 0) is 18.8 Å². The van der Waals surface area contributed by atoms with Gasteiger partial charge in [0.2, 0.25) is 0 Å². The van der Waals surface area contributed by atoms with E-state index in [-0.39, 0.29) is 0 Å². The van der Waals surface area contributed by atoms with Gasteiger partial charge in [-0.25, -0.2) is 0 Å². The Balaban J connectivity index is 2.12. The smallest absolute Gasteiger partial charge is 0.0109 e. The molecule has 46 valence electrons. The van der Waals surface area contributed by atoms with Crippen LogP contribution in [-0.4, -0.2) is 6.04 Å². The molecule has 0 aromatic carbocycles. The zero-order chi connectivity index (χ0) is 5.98. The van der Waals surface area contributed by atoms with Crippen LogP contribution in [0, 0.1) is 5.92 Å². The molecule has 8 heavy (non-hydrogen) atoms. The average Bonchev–Trinajstić information content (AvgIpc) is 2.42. The Labute approximate surface area is 50.6 Å². The van der Waals surface area contributed by atoms with Gasteiger partial charge in [0.05, 0.1) is 0 Å². The second kappa shape index (κ2) is 2.31. The molecule has 2 N–H and O–H groups in total. The van der Waals surface area contributed by atoms with E-state index in [4.69, 9.17) is 5.73 Å². The van der Waals surface area contributed by atoms with Gasteiger partial charge in [-0.2, -0.15) is 0 Å². The molecule has 0 aliphatic heterocycles. The molecule has 1 nitrogen and oxygen atoms in total. The Hall–Kier alpha value is -0.300. The van der Waals surface area contributed by atoms with Crippen LogP contribution >= 0.6 is 0 Å². The summed E-state index contributed by atoms with van der Waals surface area (Å²) in [6.45, 7) is 2.14. The molecule has 0 heterocycles. The summed E-state index contributed by atoms with van der Waals surface area (Å²) in [7, 11) is 0. The third-order valence-corrected chi connectivity index (χ3v) is 1.51. The van der Waals surface area contributed by atoms with Gasteiger partial charge in [-0.1, -0.05) is 19.1 Å². The first-order chi connectivity index (χ1) is 3.84. The molecular formula is C7H13N. The summed E-state index contributed by atoms with van der Waals surface area (Å²) in [6.07, 6.45) is 6.77. The summed E-state index contributed by atoms with van der Waals surface area (Å²) in [5.74, 6) is 0.718. The second-order valence-electron chi connectivity index (χ2n) is 2.40. The van der Waals surface area contributed by atoms with Crippen LogP contribution in [0.4, 0.5) is 0 Å². The fourth-order valence-electron chi connectivity index (χ4n) is 0.768. The third-order valence-electron chi connectivity index (χ3n) is 1.51. The number of rotatable bonds is 2. The summed E-state index contributed by atoms with van der Waals surface area (Å²) in [5, 5.41) is 0. The Morgan fingerprint density at radius 3 is 2.75 bits per heavy atom. The molecule has 1 heteroatoms. The SMILES string of the molecule is CC/C=C/[C@@H]1C[C@H]1N. The minimum Gasteiger partial charge on any atom is -0.327 e. The summed E-state index contributed by atoms with van der Waals surface area (Å²) in [6, 6.07) is 0.484. The number of hydrogen-bond acceptors (Lipinski definition) is 1. The first kappa shape index (κ1) is 5.83. The normalized spacial score (nSPS) is 36.2. The van der Waals surface area contributed by atoms with Gasteiger partial charge < -0.3 is 5.73 Å². The predicted molar refractivity (Wildman–Crippen MR) is 35.5 cm³/mol. The predicted octanol–water partition coefficient (Wildman–Crippen LogP) is 1.30. The van der Waals surface area contributed by atoms with E-state index in [9.17, 15) is 0 Å². The summed E-state index contributed by atoms with van der Waals surface area (Å²) in [4.78, 5) is 0. The molecule has 0 amide bonds. The fourth-order valence-corrected chi connectivity index (χ4v) is 0.768. The molecule has 1 aliphatic carbocycles. The van der Waals surface area contributed by atoms with Gasteiger partial charge in [-0.3, -0.25) is 0 Å². The minimum atomic E-state index is 0.484. The average molecular weight is 111 g/mol. The van der Waals surface area contributed by atoms with Gasteiger partial charge in [0.15, 0.2) is 0 Å². The lowest BCUT2D eigenvalue weighted by Crippen LogP contribution is -1.99. The van der Waals surface area contributed by atoms with Crippen molar-refractivity contribution in [2.75, 3.05) is 0 Å². The van der Waals surface area contributed by atoms with Crippen molar-refractivity contribution in [1.82, 2.24) is 0 Å². The van der Waals surface area contributed by atoms with E-state index in [0.29, 0.717) is 6.04 Å². The largest absolute Gasteiger partial charge is 0.327 e. The molecule has 0 aromatic heterocycles. The summed E-state index contributed by atoms with van der Waals surface area (Å²) >= 11 is 0. The van der Waals surface area contributed by atoms with Crippen LogP contribution in [0.1, 0.15) is 19.8 Å². The van der Waals surface area contributed by atoms with Crippen molar-refractivity contribution < 1.29 is 0 Å². The highest BCUT2D eigenvalue weighted by molar-refractivity contribution is 5.04. The molecule has 0 saturated heterocycles. The van der Waals surface area contributed by atoms with E-state index in [1.807, 2.05) is 0 Å². The molecule has 1 rings (SSSR count). The molecule has 0 unspecified atom stereocenters. The molecule has 2 atom stereocenters. The van der Waals surface area contributed by atoms with E-state index in [0.717, 1.165) is 12.3 Å². The lowest BCUT2D eigenvalue weighted by Gasteiger charge is -1.79. The van der Waals surface area contributed by atoms with E-state index in [1.54, 1.807) is 0 Å². The first-order valence-electron chi connectivity index (χ1n) is 3.27. The minimum absolute atomic E-state index is 0.484. The molecule has 0 aromatic rings. The Kier molecular flexibility index (Phi) is 1.69.